The third-order valence-corrected chi connectivity index (χ3v) is 1.29. The SMILES string of the molecule is C=Cc1c(C)nc[nH]c1=O. The number of H-pyrrole nitrogens is 1. The molecule has 1 N–H and O–H groups in total. The number of aromatic nitrogens is 2. The summed E-state index contributed by atoms with van der Waals surface area (Å²) in [5, 5.41) is 0. The quantitative estimate of drug-likeness (QED) is 0.618. The molecule has 0 bridgehead atoms. The summed E-state index contributed by atoms with van der Waals surface area (Å²) in [4.78, 5) is 17.2. The topological polar surface area (TPSA) is 45.8 Å². The maximum Gasteiger partial charge on any atom is 0.258 e. The Morgan fingerprint density at radius 1 is 1.80 bits per heavy atom. The van der Waals surface area contributed by atoms with E-state index in [0.29, 0.717) is 11.3 Å². The van der Waals surface area contributed by atoms with Crippen molar-refractivity contribution in [2.45, 2.75) is 6.92 Å². The highest BCUT2D eigenvalue weighted by Gasteiger charge is 1.96. The lowest BCUT2D eigenvalue weighted by Gasteiger charge is -1.93. The van der Waals surface area contributed by atoms with E-state index in [4.69, 9.17) is 0 Å². The number of aromatic amines is 1. The highest BCUT2D eigenvalue weighted by molar-refractivity contribution is 5.47. The smallest absolute Gasteiger partial charge is 0.258 e. The fourth-order valence-electron chi connectivity index (χ4n) is 0.740. The van der Waals surface area contributed by atoms with Crippen molar-refractivity contribution >= 4 is 6.08 Å². The fraction of sp³-hybridized carbons (Fsp3) is 0.143. The van der Waals surface area contributed by atoms with Crippen molar-refractivity contribution in [3.8, 4) is 0 Å². The van der Waals surface area contributed by atoms with Gasteiger partial charge in [-0.15, -0.1) is 0 Å². The third-order valence-electron chi connectivity index (χ3n) is 1.29. The highest BCUT2D eigenvalue weighted by atomic mass is 16.1. The van der Waals surface area contributed by atoms with E-state index in [1.54, 1.807) is 6.92 Å². The molecule has 0 amide bonds. The first kappa shape index (κ1) is 6.74. The number of nitrogens with one attached hydrogen (secondary N) is 1. The molecule has 10 heavy (non-hydrogen) atoms. The first-order valence-corrected chi connectivity index (χ1v) is 2.92. The Balaban J connectivity index is 3.45. The predicted molar refractivity (Wildman–Crippen MR) is 39.7 cm³/mol. The Hall–Kier alpha value is -1.38. The maximum absolute atomic E-state index is 10.9. The van der Waals surface area contributed by atoms with Crippen molar-refractivity contribution in [2.75, 3.05) is 0 Å². The van der Waals surface area contributed by atoms with Crippen LogP contribution in [0.3, 0.4) is 0 Å². The molecule has 1 aromatic rings. The van der Waals surface area contributed by atoms with Gasteiger partial charge in [-0.1, -0.05) is 12.7 Å². The van der Waals surface area contributed by atoms with Gasteiger partial charge in [0.1, 0.15) is 0 Å². The van der Waals surface area contributed by atoms with Crippen LogP contribution in [0.15, 0.2) is 17.7 Å². The van der Waals surface area contributed by atoms with Crippen LogP contribution < -0.4 is 5.56 Å². The summed E-state index contributed by atoms with van der Waals surface area (Å²) >= 11 is 0. The second-order valence-corrected chi connectivity index (χ2v) is 1.93. The highest BCUT2D eigenvalue weighted by Crippen LogP contribution is 1.95. The van der Waals surface area contributed by atoms with Crippen LogP contribution in [0.1, 0.15) is 11.3 Å². The summed E-state index contributed by atoms with van der Waals surface area (Å²) in [7, 11) is 0. The molecular formula is C7H8N2O. The molecule has 1 heterocycles. The molecule has 0 saturated carbocycles. The van der Waals surface area contributed by atoms with Crippen molar-refractivity contribution < 1.29 is 0 Å². The van der Waals surface area contributed by atoms with E-state index in [0.717, 1.165) is 0 Å². The molecule has 3 nitrogen and oxygen atoms in total. The Kier molecular flexibility index (Phi) is 1.67. The van der Waals surface area contributed by atoms with Crippen LogP contribution in [0.5, 0.6) is 0 Å². The summed E-state index contributed by atoms with van der Waals surface area (Å²) in [5.41, 5.74) is 1.11. The lowest BCUT2D eigenvalue weighted by Crippen LogP contribution is -2.11. The molecule has 3 heteroatoms. The Morgan fingerprint density at radius 3 is 2.90 bits per heavy atom. The minimum Gasteiger partial charge on any atom is -0.313 e. The molecule has 0 atom stereocenters. The second kappa shape index (κ2) is 2.47. The van der Waals surface area contributed by atoms with Gasteiger partial charge < -0.3 is 4.98 Å². The van der Waals surface area contributed by atoms with Gasteiger partial charge in [0.25, 0.3) is 5.56 Å². The second-order valence-electron chi connectivity index (χ2n) is 1.93. The molecule has 0 spiro atoms. The number of aryl methyl sites for hydroxylation is 1. The van der Waals surface area contributed by atoms with Crippen molar-refractivity contribution in [2.24, 2.45) is 0 Å². The number of nitrogens with zero attached hydrogens (tertiary/aromatic N) is 1. The summed E-state index contributed by atoms with van der Waals surface area (Å²) in [6.45, 7) is 5.26. The number of hydrogen-bond acceptors (Lipinski definition) is 2. The summed E-state index contributed by atoms with van der Waals surface area (Å²) in [6.07, 6.45) is 2.88. The minimum atomic E-state index is -0.137. The van der Waals surface area contributed by atoms with E-state index in [2.05, 4.69) is 16.5 Å². The first-order chi connectivity index (χ1) is 4.75. The molecule has 52 valence electrons. The Bertz CT molecular complexity index is 301. The van der Waals surface area contributed by atoms with E-state index >= 15 is 0 Å². The van der Waals surface area contributed by atoms with Crippen molar-refractivity contribution in [1.29, 1.82) is 0 Å². The van der Waals surface area contributed by atoms with Crippen LogP contribution in [0, 0.1) is 6.92 Å². The predicted octanol–water partition coefficient (Wildman–Crippen LogP) is 0.721. The molecule has 0 unspecified atom stereocenters. The van der Waals surface area contributed by atoms with Gasteiger partial charge >= 0.3 is 0 Å². The van der Waals surface area contributed by atoms with Gasteiger partial charge in [0, 0.05) is 0 Å². The van der Waals surface area contributed by atoms with Gasteiger partial charge in [-0.05, 0) is 6.92 Å². The largest absolute Gasteiger partial charge is 0.313 e. The minimum absolute atomic E-state index is 0.137. The third kappa shape index (κ3) is 0.978. The normalized spacial score (nSPS) is 9.30. The van der Waals surface area contributed by atoms with Gasteiger partial charge in [-0.25, -0.2) is 4.98 Å². The number of rotatable bonds is 1. The van der Waals surface area contributed by atoms with Gasteiger partial charge in [-0.2, -0.15) is 0 Å². The van der Waals surface area contributed by atoms with Crippen molar-refractivity contribution in [3.05, 3.63) is 34.5 Å². The van der Waals surface area contributed by atoms with E-state index in [1.165, 1.54) is 12.4 Å². The van der Waals surface area contributed by atoms with Crippen LogP contribution in [0.4, 0.5) is 0 Å². The van der Waals surface area contributed by atoms with Gasteiger partial charge in [-0.3, -0.25) is 4.79 Å². The molecule has 0 aliphatic heterocycles. The maximum atomic E-state index is 10.9. The molecule has 1 aromatic heterocycles. The zero-order chi connectivity index (χ0) is 7.56. The van der Waals surface area contributed by atoms with E-state index in [9.17, 15) is 4.79 Å². The Morgan fingerprint density at radius 2 is 2.50 bits per heavy atom. The average Bonchev–Trinajstić information content (AvgIpc) is 1.88. The monoisotopic (exact) mass is 136 g/mol. The molecule has 1 rings (SSSR count). The standard InChI is InChI=1S/C7H8N2O/c1-3-6-5(2)8-4-9-7(6)10/h3-4H,1H2,2H3,(H,8,9,10). The molecule has 0 fully saturated rings. The van der Waals surface area contributed by atoms with Crippen LogP contribution in [0.25, 0.3) is 6.08 Å². The zero-order valence-corrected chi connectivity index (χ0v) is 5.72. The van der Waals surface area contributed by atoms with Crippen LogP contribution in [0.2, 0.25) is 0 Å². The molecular weight excluding hydrogens is 128 g/mol. The molecule has 0 saturated heterocycles. The van der Waals surface area contributed by atoms with E-state index in [-0.39, 0.29) is 5.56 Å². The summed E-state index contributed by atoms with van der Waals surface area (Å²) < 4.78 is 0. The van der Waals surface area contributed by atoms with Crippen LogP contribution in [-0.2, 0) is 0 Å². The van der Waals surface area contributed by atoms with E-state index < -0.39 is 0 Å². The lowest BCUT2D eigenvalue weighted by molar-refractivity contribution is 1.05. The molecule has 0 aliphatic carbocycles. The van der Waals surface area contributed by atoms with Crippen LogP contribution >= 0.6 is 0 Å². The fourth-order valence-corrected chi connectivity index (χ4v) is 0.740. The van der Waals surface area contributed by atoms with Gasteiger partial charge in [0.05, 0.1) is 17.6 Å². The summed E-state index contributed by atoms with van der Waals surface area (Å²) in [6, 6.07) is 0. The van der Waals surface area contributed by atoms with Crippen molar-refractivity contribution in [1.82, 2.24) is 9.97 Å². The summed E-state index contributed by atoms with van der Waals surface area (Å²) in [5.74, 6) is 0. The average molecular weight is 136 g/mol. The number of hydrogen-bond donors (Lipinski definition) is 1. The lowest BCUT2D eigenvalue weighted by atomic mass is 10.2. The van der Waals surface area contributed by atoms with Crippen molar-refractivity contribution in [3.63, 3.8) is 0 Å². The first-order valence-electron chi connectivity index (χ1n) is 2.92. The zero-order valence-electron chi connectivity index (χ0n) is 5.72. The molecule has 0 aliphatic rings. The van der Waals surface area contributed by atoms with E-state index in [1.807, 2.05) is 0 Å². The Labute approximate surface area is 58.4 Å². The molecule has 0 radical (unpaired) electrons. The van der Waals surface area contributed by atoms with Crippen LogP contribution in [-0.4, -0.2) is 9.97 Å². The van der Waals surface area contributed by atoms with Gasteiger partial charge in [0.15, 0.2) is 0 Å². The molecule has 0 aromatic carbocycles. The van der Waals surface area contributed by atoms with Gasteiger partial charge in [0.2, 0.25) is 0 Å².